The normalized spacial score (nSPS) is 14.4. The van der Waals surface area contributed by atoms with E-state index in [1.165, 1.54) is 3.57 Å². The molecule has 0 spiro atoms. The van der Waals surface area contributed by atoms with Crippen LogP contribution in [0.1, 0.15) is 16.7 Å². The van der Waals surface area contributed by atoms with Crippen molar-refractivity contribution in [3.63, 3.8) is 0 Å². The van der Waals surface area contributed by atoms with Gasteiger partial charge in [-0.1, -0.05) is 36.4 Å². The number of hydrogen-bond acceptors (Lipinski definition) is 5. The SMILES string of the molecule is COc1cc(/C=C2\N=C(c3ccccc3)OC2=O)ccc1OCc1ccc(I)cc1. The number of nitrogens with zero attached hydrogens (tertiary/aromatic N) is 1. The molecule has 3 aromatic carbocycles. The molecular weight excluding hydrogens is 493 g/mol. The second kappa shape index (κ2) is 9.13. The highest BCUT2D eigenvalue weighted by molar-refractivity contribution is 14.1. The van der Waals surface area contributed by atoms with Crippen LogP contribution in [-0.4, -0.2) is 19.0 Å². The largest absolute Gasteiger partial charge is 0.493 e. The average Bonchev–Trinajstić information content (AvgIpc) is 3.14. The summed E-state index contributed by atoms with van der Waals surface area (Å²) in [6.45, 7) is 0.435. The average molecular weight is 511 g/mol. The summed E-state index contributed by atoms with van der Waals surface area (Å²) in [6.07, 6.45) is 1.67. The number of benzene rings is 3. The van der Waals surface area contributed by atoms with Gasteiger partial charge in [-0.05, 0) is 76.2 Å². The van der Waals surface area contributed by atoms with E-state index in [0.717, 1.165) is 16.7 Å². The Bertz CT molecular complexity index is 1120. The van der Waals surface area contributed by atoms with E-state index in [2.05, 4.69) is 27.6 Å². The lowest BCUT2D eigenvalue weighted by molar-refractivity contribution is -0.129. The molecule has 0 bridgehead atoms. The fourth-order valence-electron chi connectivity index (χ4n) is 2.91. The summed E-state index contributed by atoms with van der Waals surface area (Å²) in [7, 11) is 1.58. The second-order valence-corrected chi connectivity index (χ2v) is 7.77. The number of rotatable bonds is 6. The van der Waals surface area contributed by atoms with Crippen LogP contribution in [-0.2, 0) is 16.1 Å². The Kier molecular flexibility index (Phi) is 6.13. The lowest BCUT2D eigenvalue weighted by Crippen LogP contribution is -2.04. The predicted octanol–water partition coefficient (Wildman–Crippen LogP) is 5.22. The van der Waals surface area contributed by atoms with Gasteiger partial charge in [0.15, 0.2) is 17.2 Å². The van der Waals surface area contributed by atoms with Crippen molar-refractivity contribution in [1.29, 1.82) is 0 Å². The second-order valence-electron chi connectivity index (χ2n) is 6.53. The summed E-state index contributed by atoms with van der Waals surface area (Å²) in [5.74, 6) is 1.03. The molecule has 0 fully saturated rings. The molecule has 30 heavy (non-hydrogen) atoms. The van der Waals surface area contributed by atoms with Crippen molar-refractivity contribution in [3.05, 3.63) is 98.8 Å². The Morgan fingerprint density at radius 3 is 2.50 bits per heavy atom. The van der Waals surface area contributed by atoms with Crippen molar-refractivity contribution in [2.75, 3.05) is 7.11 Å². The highest BCUT2D eigenvalue weighted by Gasteiger charge is 2.24. The van der Waals surface area contributed by atoms with Crippen LogP contribution in [0.3, 0.4) is 0 Å². The zero-order valence-electron chi connectivity index (χ0n) is 16.2. The Morgan fingerprint density at radius 2 is 1.77 bits per heavy atom. The quantitative estimate of drug-likeness (QED) is 0.259. The van der Waals surface area contributed by atoms with Crippen LogP contribution in [0.5, 0.6) is 11.5 Å². The lowest BCUT2D eigenvalue weighted by Gasteiger charge is -2.11. The first-order valence-corrected chi connectivity index (χ1v) is 10.3. The van der Waals surface area contributed by atoms with Gasteiger partial charge in [0.25, 0.3) is 0 Å². The van der Waals surface area contributed by atoms with E-state index in [0.29, 0.717) is 24.0 Å². The first kappa shape index (κ1) is 20.2. The molecule has 0 amide bonds. The highest BCUT2D eigenvalue weighted by atomic mass is 127. The molecule has 5 nitrogen and oxygen atoms in total. The van der Waals surface area contributed by atoms with Crippen molar-refractivity contribution in [2.24, 2.45) is 4.99 Å². The molecular formula is C24H18INO4. The first-order valence-electron chi connectivity index (χ1n) is 9.25. The van der Waals surface area contributed by atoms with Crippen LogP contribution in [0.15, 0.2) is 83.5 Å². The van der Waals surface area contributed by atoms with Gasteiger partial charge in [0.05, 0.1) is 7.11 Å². The van der Waals surface area contributed by atoms with Gasteiger partial charge in [0.1, 0.15) is 6.61 Å². The number of methoxy groups -OCH3 is 1. The third-order valence-corrected chi connectivity index (χ3v) is 5.16. The Balaban J connectivity index is 1.53. The van der Waals surface area contributed by atoms with Gasteiger partial charge in [-0.25, -0.2) is 9.79 Å². The number of carbonyl (C=O) groups is 1. The highest BCUT2D eigenvalue weighted by Crippen LogP contribution is 2.30. The molecule has 0 aromatic heterocycles. The van der Waals surface area contributed by atoms with Crippen LogP contribution < -0.4 is 9.47 Å². The lowest BCUT2D eigenvalue weighted by atomic mass is 10.1. The predicted molar refractivity (Wildman–Crippen MR) is 124 cm³/mol. The maximum absolute atomic E-state index is 12.2. The summed E-state index contributed by atoms with van der Waals surface area (Å²) < 4.78 is 17.8. The van der Waals surface area contributed by atoms with Gasteiger partial charge in [-0.15, -0.1) is 0 Å². The maximum Gasteiger partial charge on any atom is 0.363 e. The number of carbonyl (C=O) groups excluding carboxylic acids is 1. The number of cyclic esters (lactones) is 1. The van der Waals surface area contributed by atoms with Crippen molar-refractivity contribution in [1.82, 2.24) is 0 Å². The Morgan fingerprint density at radius 1 is 1.00 bits per heavy atom. The molecule has 0 saturated heterocycles. The van der Waals surface area contributed by atoms with Gasteiger partial charge >= 0.3 is 5.97 Å². The first-order chi connectivity index (χ1) is 14.6. The Hall–Kier alpha value is -3.13. The molecule has 0 N–H and O–H groups in total. The van der Waals surface area contributed by atoms with Gasteiger partial charge in [0.2, 0.25) is 5.90 Å². The number of ether oxygens (including phenoxy) is 3. The van der Waals surface area contributed by atoms with Crippen LogP contribution >= 0.6 is 22.6 Å². The topological polar surface area (TPSA) is 57.1 Å². The zero-order valence-corrected chi connectivity index (χ0v) is 18.3. The van der Waals surface area contributed by atoms with Gasteiger partial charge in [-0.3, -0.25) is 0 Å². The van der Waals surface area contributed by atoms with E-state index in [1.807, 2.05) is 66.7 Å². The number of hydrogen-bond donors (Lipinski definition) is 0. The van der Waals surface area contributed by atoms with Crippen LogP contribution in [0.25, 0.3) is 6.08 Å². The van der Waals surface area contributed by atoms with Crippen LogP contribution in [0, 0.1) is 3.57 Å². The van der Waals surface area contributed by atoms with Crippen molar-refractivity contribution in [3.8, 4) is 11.5 Å². The van der Waals surface area contributed by atoms with E-state index in [1.54, 1.807) is 19.3 Å². The minimum absolute atomic E-state index is 0.239. The molecule has 0 radical (unpaired) electrons. The molecule has 1 aliphatic rings. The van der Waals surface area contributed by atoms with Gasteiger partial charge in [0, 0.05) is 9.13 Å². The zero-order chi connectivity index (χ0) is 20.9. The smallest absolute Gasteiger partial charge is 0.363 e. The van der Waals surface area contributed by atoms with Gasteiger partial charge < -0.3 is 14.2 Å². The van der Waals surface area contributed by atoms with Crippen LogP contribution in [0.2, 0.25) is 0 Å². The molecule has 0 saturated carbocycles. The summed E-state index contributed by atoms with van der Waals surface area (Å²) in [6, 6.07) is 22.9. The fraction of sp³-hybridized carbons (Fsp3) is 0.0833. The standard InChI is InChI=1S/C24H18INO4/c1-28-22-14-17(9-12-21(22)29-15-16-7-10-19(25)11-8-16)13-20-24(27)30-23(26-20)18-5-3-2-4-6-18/h2-14H,15H2,1H3/b20-13-. The molecule has 1 heterocycles. The number of esters is 1. The molecule has 150 valence electrons. The van der Waals surface area contributed by atoms with E-state index in [9.17, 15) is 4.79 Å². The molecule has 0 atom stereocenters. The minimum atomic E-state index is -0.480. The van der Waals surface area contributed by atoms with Crippen molar-refractivity contribution < 1.29 is 19.0 Å². The summed E-state index contributed by atoms with van der Waals surface area (Å²) in [5.41, 5.74) is 2.83. The molecule has 0 unspecified atom stereocenters. The number of aliphatic imine (C=N–C) groups is 1. The monoisotopic (exact) mass is 511 g/mol. The number of halogens is 1. The van der Waals surface area contributed by atoms with E-state index >= 15 is 0 Å². The van der Waals surface area contributed by atoms with E-state index in [-0.39, 0.29) is 5.70 Å². The van der Waals surface area contributed by atoms with Crippen LogP contribution in [0.4, 0.5) is 0 Å². The molecule has 4 rings (SSSR count). The summed E-state index contributed by atoms with van der Waals surface area (Å²) >= 11 is 2.27. The van der Waals surface area contributed by atoms with E-state index in [4.69, 9.17) is 14.2 Å². The summed E-state index contributed by atoms with van der Waals surface area (Å²) in [5, 5.41) is 0. The molecule has 6 heteroatoms. The Labute approximate surface area is 188 Å². The van der Waals surface area contributed by atoms with Gasteiger partial charge in [-0.2, -0.15) is 0 Å². The minimum Gasteiger partial charge on any atom is -0.493 e. The third kappa shape index (κ3) is 4.71. The van der Waals surface area contributed by atoms with E-state index < -0.39 is 5.97 Å². The van der Waals surface area contributed by atoms with Crippen molar-refractivity contribution >= 4 is 40.5 Å². The maximum atomic E-state index is 12.2. The fourth-order valence-corrected chi connectivity index (χ4v) is 3.27. The molecule has 0 aliphatic carbocycles. The third-order valence-electron chi connectivity index (χ3n) is 4.44. The molecule has 1 aliphatic heterocycles. The molecule has 3 aromatic rings. The summed E-state index contributed by atoms with van der Waals surface area (Å²) in [4.78, 5) is 16.5. The van der Waals surface area contributed by atoms with Crippen molar-refractivity contribution in [2.45, 2.75) is 6.61 Å².